The van der Waals surface area contributed by atoms with E-state index in [0.29, 0.717) is 0 Å². The minimum atomic E-state index is -1.54. The second kappa shape index (κ2) is 2.18. The van der Waals surface area contributed by atoms with Gasteiger partial charge in [0.2, 0.25) is 0 Å². The summed E-state index contributed by atoms with van der Waals surface area (Å²) in [5.74, 6) is -0.704. The lowest BCUT2D eigenvalue weighted by atomic mass is 10.0. The van der Waals surface area contributed by atoms with Gasteiger partial charge in [-0.3, -0.25) is 0 Å². The van der Waals surface area contributed by atoms with Crippen molar-refractivity contribution >= 4 is 0 Å². The zero-order valence-corrected chi connectivity index (χ0v) is 6.21. The van der Waals surface area contributed by atoms with Crippen molar-refractivity contribution in [1.29, 1.82) is 5.26 Å². The highest BCUT2D eigenvalue weighted by atomic mass is 16.5. The van der Waals surface area contributed by atoms with E-state index in [1.165, 1.54) is 0 Å². The number of fused-ring (bicyclic) bond motifs is 1. The molecule has 0 spiro atoms. The summed E-state index contributed by atoms with van der Waals surface area (Å²) >= 11 is 0. The van der Waals surface area contributed by atoms with Crippen LogP contribution in [0, 0.1) is 17.2 Å². The first-order valence-corrected chi connectivity index (χ1v) is 3.72. The Kier molecular flexibility index (Phi) is 1.44. The predicted molar refractivity (Wildman–Crippen MR) is 35.8 cm³/mol. The fraction of sp³-hybridized carbons (Fsp3) is 0.857. The summed E-state index contributed by atoms with van der Waals surface area (Å²) in [7, 11) is 0. The molecule has 1 heterocycles. The van der Waals surface area contributed by atoms with Gasteiger partial charge in [0.25, 0.3) is 0 Å². The maximum Gasteiger partial charge on any atom is 0.139 e. The third-order valence-corrected chi connectivity index (χ3v) is 2.57. The van der Waals surface area contributed by atoms with Gasteiger partial charge >= 0.3 is 0 Å². The fourth-order valence-electron chi connectivity index (χ4n) is 1.72. The van der Waals surface area contributed by atoms with Gasteiger partial charge in [-0.25, -0.2) is 0 Å². The largest absolute Gasteiger partial charge is 0.388 e. The van der Waals surface area contributed by atoms with E-state index in [1.807, 2.05) is 6.07 Å². The van der Waals surface area contributed by atoms with Gasteiger partial charge in [-0.2, -0.15) is 5.26 Å². The Labute approximate surface area is 68.8 Å². The number of ether oxygens (including phenoxy) is 1. The smallest absolute Gasteiger partial charge is 0.139 e. The summed E-state index contributed by atoms with van der Waals surface area (Å²) in [5, 5.41) is 36.5. The monoisotopic (exact) mass is 171 g/mol. The molecule has 1 aliphatic heterocycles. The lowest BCUT2D eigenvalue weighted by molar-refractivity contribution is -0.155. The molecule has 5 heteroatoms. The van der Waals surface area contributed by atoms with Crippen molar-refractivity contribution in [3.8, 4) is 6.07 Å². The molecule has 66 valence electrons. The first-order valence-electron chi connectivity index (χ1n) is 3.72. The molecule has 12 heavy (non-hydrogen) atoms. The van der Waals surface area contributed by atoms with Gasteiger partial charge in [-0.05, 0) is 0 Å². The molecule has 0 aromatic heterocycles. The van der Waals surface area contributed by atoms with Crippen molar-refractivity contribution < 1.29 is 20.1 Å². The molecule has 0 radical (unpaired) electrons. The number of nitrogens with zero attached hydrogens (tertiary/aromatic N) is 1. The summed E-state index contributed by atoms with van der Waals surface area (Å²) in [6.45, 7) is -0.0215. The quantitative estimate of drug-likeness (QED) is 0.391. The Bertz CT molecular complexity index is 250. The van der Waals surface area contributed by atoms with Gasteiger partial charge in [0.1, 0.15) is 29.8 Å². The van der Waals surface area contributed by atoms with Gasteiger partial charge in [-0.1, -0.05) is 0 Å². The summed E-state index contributed by atoms with van der Waals surface area (Å²) < 4.78 is 4.96. The number of aliphatic hydroxyl groups excluding tert-OH is 2. The van der Waals surface area contributed by atoms with E-state index in [4.69, 9.17) is 15.1 Å². The van der Waals surface area contributed by atoms with Gasteiger partial charge in [-0.15, -0.1) is 0 Å². The molecule has 0 amide bonds. The summed E-state index contributed by atoms with van der Waals surface area (Å²) in [6, 6.07) is 1.83. The first kappa shape index (κ1) is 7.95. The van der Waals surface area contributed by atoms with E-state index in [9.17, 15) is 10.2 Å². The minimum absolute atomic E-state index is 0.0215. The van der Waals surface area contributed by atoms with Crippen molar-refractivity contribution in [3.05, 3.63) is 0 Å². The van der Waals surface area contributed by atoms with E-state index in [-0.39, 0.29) is 6.61 Å². The van der Waals surface area contributed by atoms with Crippen molar-refractivity contribution in [3.63, 3.8) is 0 Å². The van der Waals surface area contributed by atoms with E-state index in [0.717, 1.165) is 0 Å². The van der Waals surface area contributed by atoms with Crippen LogP contribution in [0.4, 0.5) is 0 Å². The highest BCUT2D eigenvalue weighted by Crippen LogP contribution is 2.51. The Balaban J connectivity index is 2.21. The van der Waals surface area contributed by atoms with Crippen LogP contribution in [0.2, 0.25) is 0 Å². The van der Waals surface area contributed by atoms with Crippen molar-refractivity contribution in [2.45, 2.75) is 23.9 Å². The highest BCUT2D eigenvalue weighted by molar-refractivity contribution is 5.28. The molecule has 5 atom stereocenters. The van der Waals surface area contributed by atoms with Gasteiger partial charge in [0.15, 0.2) is 0 Å². The Hall–Kier alpha value is -0.670. The molecule has 1 saturated carbocycles. The molecule has 0 aromatic carbocycles. The van der Waals surface area contributed by atoms with Crippen LogP contribution in [-0.2, 0) is 4.74 Å². The normalized spacial score (nSPS) is 57.2. The van der Waals surface area contributed by atoms with E-state index in [1.54, 1.807) is 0 Å². The van der Waals surface area contributed by atoms with Crippen LogP contribution in [0.25, 0.3) is 0 Å². The summed E-state index contributed by atoms with van der Waals surface area (Å²) in [5.41, 5.74) is -1.54. The van der Waals surface area contributed by atoms with Crippen LogP contribution < -0.4 is 0 Å². The van der Waals surface area contributed by atoms with Crippen LogP contribution in [-0.4, -0.2) is 45.8 Å². The second-order valence-electron chi connectivity index (χ2n) is 3.26. The van der Waals surface area contributed by atoms with Crippen LogP contribution in [0.5, 0.6) is 0 Å². The molecule has 4 unspecified atom stereocenters. The topological polar surface area (TPSA) is 93.7 Å². The van der Waals surface area contributed by atoms with Crippen LogP contribution in [0.3, 0.4) is 0 Å². The number of hydrogen-bond donors (Lipinski definition) is 3. The SMILES string of the molecule is N#CC1C2OCC(O)C(O)[C@@]12O. The Morgan fingerprint density at radius 2 is 2.17 bits per heavy atom. The van der Waals surface area contributed by atoms with Gasteiger partial charge < -0.3 is 20.1 Å². The predicted octanol–water partition coefficient (Wildman–Crippen LogP) is -2.01. The second-order valence-corrected chi connectivity index (χ2v) is 3.26. The average Bonchev–Trinajstić information content (AvgIpc) is 2.65. The third kappa shape index (κ3) is 0.704. The van der Waals surface area contributed by atoms with E-state index >= 15 is 0 Å². The number of rotatable bonds is 0. The molecule has 3 N–H and O–H groups in total. The average molecular weight is 171 g/mol. The Morgan fingerprint density at radius 3 is 2.75 bits per heavy atom. The van der Waals surface area contributed by atoms with Gasteiger partial charge in [0, 0.05) is 0 Å². The lowest BCUT2D eigenvalue weighted by Gasteiger charge is -2.27. The molecule has 2 aliphatic rings. The molecule has 0 bridgehead atoms. The lowest BCUT2D eigenvalue weighted by Crippen LogP contribution is -2.48. The van der Waals surface area contributed by atoms with E-state index < -0.39 is 29.8 Å². The first-order chi connectivity index (χ1) is 5.62. The van der Waals surface area contributed by atoms with Crippen molar-refractivity contribution in [2.75, 3.05) is 6.61 Å². The summed E-state index contributed by atoms with van der Waals surface area (Å²) in [6.07, 6.45) is -2.98. The molecule has 1 saturated heterocycles. The maximum absolute atomic E-state index is 9.59. The zero-order valence-electron chi connectivity index (χ0n) is 6.21. The standard InChI is InChI=1S/C7H9NO4/c8-1-3-6-7(3,11)5(10)4(9)2-12-6/h3-6,9-11H,2H2/t3?,4?,5?,6?,7-/m0/s1. The molecule has 5 nitrogen and oxygen atoms in total. The molecular weight excluding hydrogens is 162 g/mol. The number of aliphatic hydroxyl groups is 3. The number of nitriles is 1. The van der Waals surface area contributed by atoms with Crippen molar-refractivity contribution in [1.82, 2.24) is 0 Å². The maximum atomic E-state index is 9.59. The molecule has 1 aliphatic carbocycles. The van der Waals surface area contributed by atoms with Crippen molar-refractivity contribution in [2.24, 2.45) is 5.92 Å². The van der Waals surface area contributed by atoms with Crippen LogP contribution in [0.1, 0.15) is 0 Å². The molecule has 2 rings (SSSR count). The number of hydrogen-bond acceptors (Lipinski definition) is 5. The fourth-order valence-corrected chi connectivity index (χ4v) is 1.72. The molecule has 0 aromatic rings. The Morgan fingerprint density at radius 1 is 1.50 bits per heavy atom. The zero-order chi connectivity index (χ0) is 8.93. The minimum Gasteiger partial charge on any atom is -0.388 e. The molecule has 2 fully saturated rings. The third-order valence-electron chi connectivity index (χ3n) is 2.57. The van der Waals surface area contributed by atoms with Crippen LogP contribution in [0.15, 0.2) is 0 Å². The van der Waals surface area contributed by atoms with Gasteiger partial charge in [0.05, 0.1) is 12.7 Å². The summed E-state index contributed by atoms with van der Waals surface area (Å²) in [4.78, 5) is 0. The van der Waals surface area contributed by atoms with E-state index in [2.05, 4.69) is 0 Å². The molecular formula is C7H9NO4. The highest BCUT2D eigenvalue weighted by Gasteiger charge is 2.73. The van der Waals surface area contributed by atoms with Crippen LogP contribution >= 0.6 is 0 Å².